The molecule has 2 aliphatic rings. The van der Waals surface area contributed by atoms with Crippen molar-refractivity contribution in [2.45, 2.75) is 24.9 Å². The van der Waals surface area contributed by atoms with Crippen molar-refractivity contribution in [3.05, 3.63) is 52.1 Å². The number of amides is 1. The molecule has 10 heteroatoms. The van der Waals surface area contributed by atoms with Gasteiger partial charge in [-0.1, -0.05) is 0 Å². The van der Waals surface area contributed by atoms with Crippen LogP contribution in [0.5, 0.6) is 23.0 Å². The Balaban J connectivity index is 1.38. The number of piperidine rings is 1. The Kier molecular flexibility index (Phi) is 6.08. The number of carbonyl (C=O) groups excluding carboxylic acids is 2. The number of hydrogen-bond donors (Lipinski definition) is 0. The Morgan fingerprint density at radius 3 is 2.42 bits per heavy atom. The molecule has 2 aliphatic heterocycles. The molecule has 0 saturated carbocycles. The summed E-state index contributed by atoms with van der Waals surface area (Å²) in [5.74, 6) is 1.50. The van der Waals surface area contributed by atoms with Crippen molar-refractivity contribution in [1.82, 2.24) is 4.90 Å². The lowest BCUT2D eigenvalue weighted by atomic mass is 9.82. The number of nitrogens with zero attached hydrogens (tertiary/aromatic N) is 2. The standard InChI is InChI=1S/C23H24N2O8/c1-30-17-11-19(31-2)22-18(26)13-23(33-20(22)12-17)7-9-24(10-8-23)21(27)14-32-16-5-3-15(4-6-16)25(28)29/h3-6,11-12H,7-10,13-14H2,1-2H3. The Hall–Kier alpha value is -3.82. The van der Waals surface area contributed by atoms with Gasteiger partial charge in [0.05, 0.1) is 25.6 Å². The molecule has 2 aromatic rings. The zero-order valence-electron chi connectivity index (χ0n) is 18.4. The van der Waals surface area contributed by atoms with Crippen LogP contribution in [-0.4, -0.2) is 61.0 Å². The van der Waals surface area contributed by atoms with Crippen LogP contribution in [0.3, 0.4) is 0 Å². The first kappa shape index (κ1) is 22.4. The number of likely N-dealkylation sites (tertiary alicyclic amines) is 1. The molecule has 1 fully saturated rings. The first-order valence-corrected chi connectivity index (χ1v) is 10.5. The number of methoxy groups -OCH3 is 2. The smallest absolute Gasteiger partial charge is 0.269 e. The fourth-order valence-electron chi connectivity index (χ4n) is 4.19. The number of nitro groups is 1. The molecular formula is C23H24N2O8. The van der Waals surface area contributed by atoms with Crippen molar-refractivity contribution in [3.63, 3.8) is 0 Å². The average molecular weight is 456 g/mol. The number of hydrogen-bond acceptors (Lipinski definition) is 8. The summed E-state index contributed by atoms with van der Waals surface area (Å²) in [5.41, 5.74) is -0.315. The monoisotopic (exact) mass is 456 g/mol. The van der Waals surface area contributed by atoms with E-state index in [0.29, 0.717) is 54.5 Å². The number of ether oxygens (including phenoxy) is 4. The van der Waals surface area contributed by atoms with Gasteiger partial charge in [-0.15, -0.1) is 0 Å². The molecule has 174 valence electrons. The molecule has 1 saturated heterocycles. The van der Waals surface area contributed by atoms with Gasteiger partial charge in [0.25, 0.3) is 11.6 Å². The topological polar surface area (TPSA) is 117 Å². The lowest BCUT2D eigenvalue weighted by Gasteiger charge is -2.44. The Labute approximate surface area is 190 Å². The highest BCUT2D eigenvalue weighted by Gasteiger charge is 2.45. The van der Waals surface area contributed by atoms with Crippen LogP contribution in [0.15, 0.2) is 36.4 Å². The normalized spacial score (nSPS) is 16.5. The molecular weight excluding hydrogens is 432 g/mol. The fourth-order valence-corrected chi connectivity index (χ4v) is 4.19. The summed E-state index contributed by atoms with van der Waals surface area (Å²) in [4.78, 5) is 37.4. The summed E-state index contributed by atoms with van der Waals surface area (Å²) in [5, 5.41) is 10.7. The lowest BCUT2D eigenvalue weighted by molar-refractivity contribution is -0.384. The predicted octanol–water partition coefficient (Wildman–Crippen LogP) is 3.02. The summed E-state index contributed by atoms with van der Waals surface area (Å²) in [6.45, 7) is 0.667. The molecule has 0 aliphatic carbocycles. The van der Waals surface area contributed by atoms with Crippen molar-refractivity contribution in [3.8, 4) is 23.0 Å². The number of ketones is 1. The number of carbonyl (C=O) groups is 2. The predicted molar refractivity (Wildman–Crippen MR) is 116 cm³/mol. The molecule has 0 unspecified atom stereocenters. The first-order chi connectivity index (χ1) is 15.8. The SMILES string of the molecule is COc1cc(OC)c2c(c1)OC1(CCN(C(=O)COc3ccc([N+](=O)[O-])cc3)CC1)CC2=O. The minimum atomic E-state index is -0.683. The second-order valence-electron chi connectivity index (χ2n) is 8.01. The van der Waals surface area contributed by atoms with E-state index in [1.165, 1.54) is 38.5 Å². The van der Waals surface area contributed by atoms with Gasteiger partial charge in [-0.3, -0.25) is 19.7 Å². The van der Waals surface area contributed by atoms with Crippen LogP contribution in [0.1, 0.15) is 29.6 Å². The highest BCUT2D eigenvalue weighted by molar-refractivity contribution is 6.03. The third-order valence-electron chi connectivity index (χ3n) is 6.02. The van der Waals surface area contributed by atoms with E-state index in [4.69, 9.17) is 18.9 Å². The first-order valence-electron chi connectivity index (χ1n) is 10.5. The third-order valence-corrected chi connectivity index (χ3v) is 6.02. The van der Waals surface area contributed by atoms with Crippen LogP contribution in [0.4, 0.5) is 5.69 Å². The van der Waals surface area contributed by atoms with E-state index < -0.39 is 10.5 Å². The van der Waals surface area contributed by atoms with Crippen molar-refractivity contribution in [1.29, 1.82) is 0 Å². The molecule has 10 nitrogen and oxygen atoms in total. The van der Waals surface area contributed by atoms with Crippen LogP contribution in [0.25, 0.3) is 0 Å². The molecule has 2 aromatic carbocycles. The minimum absolute atomic E-state index is 0.0474. The molecule has 0 N–H and O–H groups in total. The third kappa shape index (κ3) is 4.55. The molecule has 1 amide bonds. The molecule has 4 rings (SSSR count). The largest absolute Gasteiger partial charge is 0.496 e. The quantitative estimate of drug-likeness (QED) is 0.481. The lowest BCUT2D eigenvalue weighted by Crippen LogP contribution is -2.53. The number of fused-ring (bicyclic) bond motifs is 1. The van der Waals surface area contributed by atoms with Crippen LogP contribution < -0.4 is 18.9 Å². The second-order valence-corrected chi connectivity index (χ2v) is 8.01. The summed E-state index contributed by atoms with van der Waals surface area (Å²) in [6.07, 6.45) is 1.21. The van der Waals surface area contributed by atoms with Gasteiger partial charge in [-0.25, -0.2) is 0 Å². The van der Waals surface area contributed by atoms with Crippen molar-refractivity contribution in [2.24, 2.45) is 0 Å². The summed E-state index contributed by atoms with van der Waals surface area (Å²) in [6, 6.07) is 8.90. The van der Waals surface area contributed by atoms with Gasteiger partial charge >= 0.3 is 0 Å². The molecule has 33 heavy (non-hydrogen) atoms. The van der Waals surface area contributed by atoms with Gasteiger partial charge in [-0.05, 0) is 12.1 Å². The van der Waals surface area contributed by atoms with E-state index in [1.54, 1.807) is 17.0 Å². The van der Waals surface area contributed by atoms with E-state index in [0.717, 1.165) is 0 Å². The number of nitro benzene ring substituents is 1. The van der Waals surface area contributed by atoms with Gasteiger partial charge < -0.3 is 23.8 Å². The van der Waals surface area contributed by atoms with E-state index >= 15 is 0 Å². The highest BCUT2D eigenvalue weighted by Crippen LogP contribution is 2.44. The summed E-state index contributed by atoms with van der Waals surface area (Å²) < 4.78 is 22.4. The van der Waals surface area contributed by atoms with Gasteiger partial charge in [0, 0.05) is 50.2 Å². The van der Waals surface area contributed by atoms with Gasteiger partial charge in [0.15, 0.2) is 12.4 Å². The average Bonchev–Trinajstić information content (AvgIpc) is 2.82. The molecule has 0 atom stereocenters. The molecule has 0 bridgehead atoms. The van der Waals surface area contributed by atoms with Crippen LogP contribution in [-0.2, 0) is 4.79 Å². The maximum Gasteiger partial charge on any atom is 0.269 e. The number of rotatable bonds is 6. The van der Waals surface area contributed by atoms with E-state index in [9.17, 15) is 19.7 Å². The minimum Gasteiger partial charge on any atom is -0.496 e. The van der Waals surface area contributed by atoms with Crippen LogP contribution >= 0.6 is 0 Å². The number of benzene rings is 2. The summed E-state index contributed by atoms with van der Waals surface area (Å²) in [7, 11) is 3.03. The fraction of sp³-hybridized carbons (Fsp3) is 0.391. The molecule has 0 radical (unpaired) electrons. The van der Waals surface area contributed by atoms with Gasteiger partial charge in [0.1, 0.15) is 34.2 Å². The number of Topliss-reactive ketones (excluding diaryl/α,β-unsaturated/α-hetero) is 1. The maximum atomic E-state index is 12.9. The Bertz CT molecular complexity index is 1070. The zero-order chi connectivity index (χ0) is 23.6. The molecule has 0 aromatic heterocycles. The van der Waals surface area contributed by atoms with Crippen molar-refractivity contribution in [2.75, 3.05) is 33.9 Å². The van der Waals surface area contributed by atoms with Crippen molar-refractivity contribution < 1.29 is 33.5 Å². The van der Waals surface area contributed by atoms with Gasteiger partial charge in [0.2, 0.25) is 0 Å². The van der Waals surface area contributed by atoms with E-state index in [2.05, 4.69) is 0 Å². The zero-order valence-corrected chi connectivity index (χ0v) is 18.4. The van der Waals surface area contributed by atoms with Crippen molar-refractivity contribution >= 4 is 17.4 Å². The number of non-ortho nitro benzene ring substituents is 1. The Morgan fingerprint density at radius 1 is 1.12 bits per heavy atom. The van der Waals surface area contributed by atoms with Crippen LogP contribution in [0, 0.1) is 10.1 Å². The van der Waals surface area contributed by atoms with Gasteiger partial charge in [-0.2, -0.15) is 0 Å². The van der Waals surface area contributed by atoms with E-state index in [1.807, 2.05) is 0 Å². The highest BCUT2D eigenvalue weighted by atomic mass is 16.6. The van der Waals surface area contributed by atoms with E-state index in [-0.39, 0.29) is 30.4 Å². The Morgan fingerprint density at radius 2 is 1.82 bits per heavy atom. The summed E-state index contributed by atoms with van der Waals surface area (Å²) >= 11 is 0. The van der Waals surface area contributed by atoms with Crippen LogP contribution in [0.2, 0.25) is 0 Å². The maximum absolute atomic E-state index is 12.9. The second kappa shape index (κ2) is 8.97. The molecule has 2 heterocycles. The molecule has 1 spiro atoms.